The van der Waals surface area contributed by atoms with Crippen molar-refractivity contribution >= 4 is 10.0 Å². The molecule has 6 heteroatoms. The van der Waals surface area contributed by atoms with E-state index in [9.17, 15) is 8.42 Å². The van der Waals surface area contributed by atoms with Gasteiger partial charge in [0.15, 0.2) is 0 Å². The first-order chi connectivity index (χ1) is 9.47. The van der Waals surface area contributed by atoms with Gasteiger partial charge in [0.1, 0.15) is 4.90 Å². The molecule has 1 aromatic rings. The van der Waals surface area contributed by atoms with Crippen molar-refractivity contribution < 1.29 is 8.42 Å². The van der Waals surface area contributed by atoms with Crippen LogP contribution >= 0.6 is 0 Å². The Balaban J connectivity index is 2.11. The van der Waals surface area contributed by atoms with E-state index in [0.717, 1.165) is 19.3 Å². The van der Waals surface area contributed by atoms with Gasteiger partial charge in [-0.3, -0.25) is 4.98 Å². The van der Waals surface area contributed by atoms with E-state index < -0.39 is 10.0 Å². The van der Waals surface area contributed by atoms with Gasteiger partial charge in [-0.1, -0.05) is 20.3 Å². The van der Waals surface area contributed by atoms with Crippen molar-refractivity contribution in [3.63, 3.8) is 0 Å². The van der Waals surface area contributed by atoms with E-state index in [2.05, 4.69) is 23.6 Å². The topological polar surface area (TPSA) is 85.1 Å². The summed E-state index contributed by atoms with van der Waals surface area (Å²) >= 11 is 0. The highest BCUT2D eigenvalue weighted by atomic mass is 32.2. The molecule has 3 N–H and O–H groups in total. The summed E-state index contributed by atoms with van der Waals surface area (Å²) in [5.41, 5.74) is 6.15. The van der Waals surface area contributed by atoms with Crippen LogP contribution in [0, 0.1) is 11.8 Å². The molecule has 3 atom stereocenters. The standard InChI is InChI=1S/C14H23N3O2S/c1-3-11-4-7-14(10(11)2)17-20(18,19)13-6-5-12(8-15)16-9-13/h5-6,9-11,14,17H,3-4,7-8,15H2,1-2H3. The monoisotopic (exact) mass is 297 g/mol. The number of nitrogens with one attached hydrogen (secondary N) is 1. The zero-order valence-electron chi connectivity index (χ0n) is 12.0. The van der Waals surface area contributed by atoms with Gasteiger partial charge >= 0.3 is 0 Å². The summed E-state index contributed by atoms with van der Waals surface area (Å²) in [5.74, 6) is 0.992. The van der Waals surface area contributed by atoms with Crippen LogP contribution in [0.15, 0.2) is 23.2 Å². The number of nitrogens with zero attached hydrogens (tertiary/aromatic N) is 1. The molecule has 1 heterocycles. The van der Waals surface area contributed by atoms with Crippen molar-refractivity contribution in [2.24, 2.45) is 17.6 Å². The normalized spacial score (nSPS) is 26.9. The minimum absolute atomic E-state index is 0.0270. The van der Waals surface area contributed by atoms with E-state index in [0.29, 0.717) is 24.1 Å². The average molecular weight is 297 g/mol. The van der Waals surface area contributed by atoms with Gasteiger partial charge in [0.2, 0.25) is 10.0 Å². The highest BCUT2D eigenvalue weighted by molar-refractivity contribution is 7.89. The second-order valence-electron chi connectivity index (χ2n) is 5.52. The van der Waals surface area contributed by atoms with Gasteiger partial charge in [0, 0.05) is 18.8 Å². The summed E-state index contributed by atoms with van der Waals surface area (Å²) in [6.07, 6.45) is 4.48. The number of sulfonamides is 1. The minimum Gasteiger partial charge on any atom is -0.325 e. The Hall–Kier alpha value is -0.980. The fourth-order valence-corrected chi connectivity index (χ4v) is 4.25. The predicted molar refractivity (Wildman–Crippen MR) is 78.4 cm³/mol. The highest BCUT2D eigenvalue weighted by Crippen LogP contribution is 2.34. The molecule has 1 saturated carbocycles. The van der Waals surface area contributed by atoms with Gasteiger partial charge in [0.05, 0.1) is 5.69 Å². The number of rotatable bonds is 5. The van der Waals surface area contributed by atoms with E-state index in [1.807, 2.05) is 0 Å². The van der Waals surface area contributed by atoms with Crippen LogP contribution < -0.4 is 10.5 Å². The smallest absolute Gasteiger partial charge is 0.242 e. The molecule has 112 valence electrons. The van der Waals surface area contributed by atoms with Crippen LogP contribution in [0.1, 0.15) is 38.8 Å². The maximum atomic E-state index is 12.3. The molecular formula is C14H23N3O2S. The molecule has 0 amide bonds. The molecule has 1 aromatic heterocycles. The van der Waals surface area contributed by atoms with Crippen molar-refractivity contribution in [3.8, 4) is 0 Å². The lowest BCUT2D eigenvalue weighted by atomic mass is 9.94. The lowest BCUT2D eigenvalue weighted by molar-refractivity contribution is 0.368. The molecule has 1 aliphatic carbocycles. The highest BCUT2D eigenvalue weighted by Gasteiger charge is 2.34. The zero-order chi connectivity index (χ0) is 14.8. The summed E-state index contributed by atoms with van der Waals surface area (Å²) in [5, 5.41) is 0. The molecule has 1 fully saturated rings. The third-order valence-electron chi connectivity index (χ3n) is 4.37. The van der Waals surface area contributed by atoms with Crippen LogP contribution in [0.2, 0.25) is 0 Å². The fourth-order valence-electron chi connectivity index (χ4n) is 2.95. The summed E-state index contributed by atoms with van der Waals surface area (Å²) in [6, 6.07) is 3.25. The van der Waals surface area contributed by atoms with Crippen LogP contribution in [-0.4, -0.2) is 19.4 Å². The Morgan fingerprint density at radius 3 is 2.65 bits per heavy atom. The lowest BCUT2D eigenvalue weighted by Crippen LogP contribution is -2.37. The Kier molecular flexibility index (Phi) is 4.78. The molecule has 3 unspecified atom stereocenters. The van der Waals surface area contributed by atoms with E-state index >= 15 is 0 Å². The number of pyridine rings is 1. The maximum absolute atomic E-state index is 12.3. The van der Waals surface area contributed by atoms with E-state index in [-0.39, 0.29) is 10.9 Å². The van der Waals surface area contributed by atoms with Crippen LogP contribution in [0.5, 0.6) is 0 Å². The summed E-state index contributed by atoms with van der Waals surface area (Å²) in [4.78, 5) is 4.25. The second kappa shape index (κ2) is 6.20. The van der Waals surface area contributed by atoms with Crippen LogP contribution in [-0.2, 0) is 16.6 Å². The zero-order valence-corrected chi connectivity index (χ0v) is 12.9. The molecule has 0 saturated heterocycles. The number of hydrogen-bond donors (Lipinski definition) is 2. The molecule has 20 heavy (non-hydrogen) atoms. The van der Waals surface area contributed by atoms with Crippen molar-refractivity contribution in [2.75, 3.05) is 0 Å². The first-order valence-electron chi connectivity index (χ1n) is 7.15. The van der Waals surface area contributed by atoms with Crippen molar-refractivity contribution in [2.45, 2.75) is 50.6 Å². The van der Waals surface area contributed by atoms with E-state index in [1.54, 1.807) is 12.1 Å². The van der Waals surface area contributed by atoms with Crippen LogP contribution in [0.4, 0.5) is 0 Å². The Morgan fingerprint density at radius 1 is 1.40 bits per heavy atom. The SMILES string of the molecule is CCC1CCC(NS(=O)(=O)c2ccc(CN)nc2)C1C. The van der Waals surface area contributed by atoms with Crippen molar-refractivity contribution in [1.82, 2.24) is 9.71 Å². The molecule has 0 spiro atoms. The Labute approximate surface area is 121 Å². The first-order valence-corrected chi connectivity index (χ1v) is 8.63. The van der Waals surface area contributed by atoms with Crippen LogP contribution in [0.3, 0.4) is 0 Å². The van der Waals surface area contributed by atoms with Crippen molar-refractivity contribution in [3.05, 3.63) is 24.0 Å². The fraction of sp³-hybridized carbons (Fsp3) is 0.643. The largest absolute Gasteiger partial charge is 0.325 e. The van der Waals surface area contributed by atoms with Crippen molar-refractivity contribution in [1.29, 1.82) is 0 Å². The second-order valence-corrected chi connectivity index (χ2v) is 7.24. The third-order valence-corrected chi connectivity index (χ3v) is 5.85. The molecule has 0 aromatic carbocycles. The van der Waals surface area contributed by atoms with Gasteiger partial charge in [-0.25, -0.2) is 13.1 Å². The average Bonchev–Trinajstić information content (AvgIpc) is 2.79. The molecule has 0 radical (unpaired) electrons. The Bertz CT molecular complexity index is 542. The number of aromatic nitrogens is 1. The summed E-state index contributed by atoms with van der Waals surface area (Å²) in [6.45, 7) is 4.60. The maximum Gasteiger partial charge on any atom is 0.242 e. The molecule has 2 rings (SSSR count). The summed E-state index contributed by atoms with van der Waals surface area (Å²) < 4.78 is 27.5. The molecular weight excluding hydrogens is 274 g/mol. The van der Waals surface area contributed by atoms with Gasteiger partial charge in [-0.05, 0) is 36.8 Å². The minimum atomic E-state index is -3.49. The molecule has 0 bridgehead atoms. The Morgan fingerprint density at radius 2 is 2.15 bits per heavy atom. The summed E-state index contributed by atoms with van der Waals surface area (Å²) in [7, 11) is -3.49. The molecule has 1 aliphatic rings. The van der Waals surface area contributed by atoms with Gasteiger partial charge in [0.25, 0.3) is 0 Å². The van der Waals surface area contributed by atoms with E-state index in [4.69, 9.17) is 5.73 Å². The predicted octanol–water partition coefficient (Wildman–Crippen LogP) is 1.64. The van der Waals surface area contributed by atoms with Gasteiger partial charge in [-0.2, -0.15) is 0 Å². The third kappa shape index (κ3) is 3.19. The molecule has 0 aliphatic heterocycles. The quantitative estimate of drug-likeness (QED) is 0.865. The first kappa shape index (κ1) is 15.4. The lowest BCUT2D eigenvalue weighted by Gasteiger charge is -2.20. The van der Waals surface area contributed by atoms with Gasteiger partial charge in [-0.15, -0.1) is 0 Å². The van der Waals surface area contributed by atoms with Crippen LogP contribution in [0.25, 0.3) is 0 Å². The number of nitrogens with two attached hydrogens (primary N) is 1. The van der Waals surface area contributed by atoms with Gasteiger partial charge < -0.3 is 5.73 Å². The molecule has 5 nitrogen and oxygen atoms in total. The van der Waals surface area contributed by atoms with E-state index in [1.165, 1.54) is 6.20 Å². The number of hydrogen-bond acceptors (Lipinski definition) is 4.